The molecule has 2 heterocycles. The summed E-state index contributed by atoms with van der Waals surface area (Å²) >= 11 is 0. The van der Waals surface area contributed by atoms with E-state index >= 15 is 0 Å². The van der Waals surface area contributed by atoms with Crippen molar-refractivity contribution in [1.29, 1.82) is 0 Å². The van der Waals surface area contributed by atoms with Crippen molar-refractivity contribution in [3.05, 3.63) is 0 Å². The van der Waals surface area contributed by atoms with Gasteiger partial charge in [0.1, 0.15) is 0 Å². The normalized spacial score (nSPS) is 31.7. The number of carbonyl (C=O) groups is 1. The van der Waals surface area contributed by atoms with Crippen LogP contribution < -0.4 is 5.32 Å². The summed E-state index contributed by atoms with van der Waals surface area (Å²) in [6.07, 6.45) is 4.92. The fraction of sp³-hybridized carbons (Fsp3) is 0.933. The first-order chi connectivity index (χ1) is 9.03. The van der Waals surface area contributed by atoms with E-state index < -0.39 is 0 Å². The summed E-state index contributed by atoms with van der Waals surface area (Å²) < 4.78 is 0. The average molecular weight is 265 g/mol. The highest BCUT2D eigenvalue weighted by Gasteiger charge is 2.60. The molecule has 2 unspecified atom stereocenters. The molecular weight excluding hydrogens is 238 g/mol. The molecule has 108 valence electrons. The number of nitrogens with one attached hydrogen (secondary N) is 1. The minimum Gasteiger partial charge on any atom is -0.321 e. The number of carbonyl (C=O) groups excluding carboxylic acids is 1. The molecule has 0 aromatic heterocycles. The molecule has 2 aliphatic heterocycles. The van der Waals surface area contributed by atoms with Gasteiger partial charge in [0.05, 0.1) is 11.7 Å². The molecule has 1 spiro atoms. The fourth-order valence-corrected chi connectivity index (χ4v) is 3.66. The SMILES string of the molecule is CC(C)C1NC2(CC2)C(=O)N1C(C)CN1CCCC1. The molecule has 19 heavy (non-hydrogen) atoms. The maximum Gasteiger partial charge on any atom is 0.244 e. The molecule has 3 fully saturated rings. The van der Waals surface area contributed by atoms with E-state index in [2.05, 4.69) is 35.9 Å². The smallest absolute Gasteiger partial charge is 0.244 e. The highest BCUT2D eigenvalue weighted by Crippen LogP contribution is 2.44. The Balaban J connectivity index is 1.70. The Morgan fingerprint density at radius 1 is 1.26 bits per heavy atom. The molecule has 1 amide bonds. The molecule has 1 saturated carbocycles. The van der Waals surface area contributed by atoms with Crippen LogP contribution in [-0.4, -0.2) is 53.1 Å². The second kappa shape index (κ2) is 4.74. The molecule has 0 aromatic carbocycles. The molecule has 3 rings (SSSR count). The lowest BCUT2D eigenvalue weighted by Gasteiger charge is -2.34. The Kier molecular flexibility index (Phi) is 3.34. The van der Waals surface area contributed by atoms with E-state index in [0.717, 1.165) is 19.4 Å². The highest BCUT2D eigenvalue weighted by molar-refractivity contribution is 5.92. The van der Waals surface area contributed by atoms with Crippen LogP contribution in [0.25, 0.3) is 0 Å². The molecule has 0 bridgehead atoms. The largest absolute Gasteiger partial charge is 0.321 e. The average Bonchev–Trinajstić information content (AvgIpc) is 2.84. The molecule has 2 saturated heterocycles. The van der Waals surface area contributed by atoms with Crippen LogP contribution in [0.5, 0.6) is 0 Å². The summed E-state index contributed by atoms with van der Waals surface area (Å²) in [5, 5.41) is 3.60. The number of hydrogen-bond acceptors (Lipinski definition) is 3. The van der Waals surface area contributed by atoms with Gasteiger partial charge in [0.25, 0.3) is 0 Å². The van der Waals surface area contributed by atoms with Crippen LogP contribution in [-0.2, 0) is 4.79 Å². The number of likely N-dealkylation sites (tertiary alicyclic amines) is 1. The van der Waals surface area contributed by atoms with Crippen molar-refractivity contribution in [2.45, 2.75) is 64.2 Å². The first-order valence-electron chi connectivity index (χ1n) is 7.86. The minimum absolute atomic E-state index is 0.172. The topological polar surface area (TPSA) is 35.6 Å². The summed E-state index contributed by atoms with van der Waals surface area (Å²) in [7, 11) is 0. The third-order valence-electron chi connectivity index (χ3n) is 4.95. The van der Waals surface area contributed by atoms with Crippen molar-refractivity contribution < 1.29 is 4.79 Å². The summed E-state index contributed by atoms with van der Waals surface area (Å²) in [6, 6.07) is 0.325. The van der Waals surface area contributed by atoms with Crippen LogP contribution in [0, 0.1) is 5.92 Å². The van der Waals surface area contributed by atoms with Crippen LogP contribution in [0.15, 0.2) is 0 Å². The predicted molar refractivity (Wildman–Crippen MR) is 75.7 cm³/mol. The maximum atomic E-state index is 12.7. The summed E-state index contributed by atoms with van der Waals surface area (Å²) in [5.74, 6) is 0.836. The Morgan fingerprint density at radius 2 is 1.89 bits per heavy atom. The first kappa shape index (κ1) is 13.4. The van der Waals surface area contributed by atoms with Crippen molar-refractivity contribution >= 4 is 5.91 Å². The number of nitrogens with zero attached hydrogens (tertiary/aromatic N) is 2. The molecule has 4 nitrogen and oxygen atoms in total. The molecule has 1 N–H and O–H groups in total. The van der Waals surface area contributed by atoms with E-state index in [1.807, 2.05) is 0 Å². The highest BCUT2D eigenvalue weighted by atomic mass is 16.2. The van der Waals surface area contributed by atoms with Gasteiger partial charge >= 0.3 is 0 Å². The van der Waals surface area contributed by atoms with Gasteiger partial charge in [-0.25, -0.2) is 0 Å². The second-order valence-corrected chi connectivity index (χ2v) is 6.98. The monoisotopic (exact) mass is 265 g/mol. The van der Waals surface area contributed by atoms with E-state index in [1.54, 1.807) is 0 Å². The predicted octanol–water partition coefficient (Wildman–Crippen LogP) is 1.42. The van der Waals surface area contributed by atoms with Gasteiger partial charge in [0, 0.05) is 12.6 Å². The van der Waals surface area contributed by atoms with Gasteiger partial charge in [0.15, 0.2) is 0 Å². The van der Waals surface area contributed by atoms with Crippen molar-refractivity contribution in [2.24, 2.45) is 5.92 Å². The van der Waals surface area contributed by atoms with Crippen LogP contribution in [0.4, 0.5) is 0 Å². The van der Waals surface area contributed by atoms with Gasteiger partial charge in [-0.3, -0.25) is 10.1 Å². The summed E-state index contributed by atoms with van der Waals surface area (Å²) in [6.45, 7) is 10.1. The Morgan fingerprint density at radius 3 is 2.42 bits per heavy atom. The molecular formula is C15H27N3O. The van der Waals surface area contributed by atoms with Crippen molar-refractivity contribution in [1.82, 2.24) is 15.1 Å². The summed E-state index contributed by atoms with van der Waals surface area (Å²) in [5.41, 5.74) is -0.172. The Hall–Kier alpha value is -0.610. The third-order valence-corrected chi connectivity index (χ3v) is 4.95. The van der Waals surface area contributed by atoms with Gasteiger partial charge in [0.2, 0.25) is 5.91 Å². The second-order valence-electron chi connectivity index (χ2n) is 6.98. The zero-order valence-electron chi connectivity index (χ0n) is 12.5. The van der Waals surface area contributed by atoms with Crippen LogP contribution >= 0.6 is 0 Å². The van der Waals surface area contributed by atoms with E-state index in [-0.39, 0.29) is 11.7 Å². The number of amides is 1. The lowest BCUT2D eigenvalue weighted by molar-refractivity contribution is -0.133. The molecule has 3 aliphatic rings. The van der Waals surface area contributed by atoms with Crippen molar-refractivity contribution in [2.75, 3.05) is 19.6 Å². The third kappa shape index (κ3) is 2.29. The first-order valence-corrected chi connectivity index (χ1v) is 7.86. The Labute approximate surface area is 116 Å². The van der Waals surface area contributed by atoms with E-state index in [9.17, 15) is 4.79 Å². The minimum atomic E-state index is -0.172. The molecule has 1 aliphatic carbocycles. The Bertz CT molecular complexity index is 358. The molecule has 0 radical (unpaired) electrons. The lowest BCUT2D eigenvalue weighted by atomic mass is 10.1. The van der Waals surface area contributed by atoms with Gasteiger partial charge < -0.3 is 9.80 Å². The van der Waals surface area contributed by atoms with Gasteiger partial charge in [-0.2, -0.15) is 0 Å². The molecule has 4 heteroatoms. The lowest BCUT2D eigenvalue weighted by Crippen LogP contribution is -2.50. The van der Waals surface area contributed by atoms with Crippen LogP contribution in [0.3, 0.4) is 0 Å². The number of hydrogen-bond donors (Lipinski definition) is 1. The zero-order valence-corrected chi connectivity index (χ0v) is 12.5. The zero-order chi connectivity index (χ0) is 13.6. The summed E-state index contributed by atoms with van der Waals surface area (Å²) in [4.78, 5) is 17.3. The quantitative estimate of drug-likeness (QED) is 0.835. The van der Waals surface area contributed by atoms with E-state index in [0.29, 0.717) is 17.9 Å². The van der Waals surface area contributed by atoms with Gasteiger partial charge in [-0.1, -0.05) is 13.8 Å². The van der Waals surface area contributed by atoms with Crippen LogP contribution in [0.1, 0.15) is 46.5 Å². The molecule has 0 aromatic rings. The van der Waals surface area contributed by atoms with E-state index in [4.69, 9.17) is 0 Å². The molecule has 2 atom stereocenters. The van der Waals surface area contributed by atoms with Crippen LogP contribution in [0.2, 0.25) is 0 Å². The standard InChI is InChI=1S/C15H27N3O/c1-11(2)13-16-15(6-7-15)14(19)18(13)12(3)10-17-8-4-5-9-17/h11-13,16H,4-10H2,1-3H3. The van der Waals surface area contributed by atoms with Gasteiger partial charge in [-0.05, 0) is 51.6 Å². The fourth-order valence-electron chi connectivity index (χ4n) is 3.66. The number of rotatable bonds is 4. The van der Waals surface area contributed by atoms with Crippen molar-refractivity contribution in [3.8, 4) is 0 Å². The maximum absolute atomic E-state index is 12.7. The van der Waals surface area contributed by atoms with Crippen molar-refractivity contribution in [3.63, 3.8) is 0 Å². The van der Waals surface area contributed by atoms with E-state index in [1.165, 1.54) is 25.9 Å². The van der Waals surface area contributed by atoms with Gasteiger partial charge in [-0.15, -0.1) is 0 Å².